The molecule has 0 aromatic rings. The molecule has 0 spiro atoms. The summed E-state index contributed by atoms with van der Waals surface area (Å²) in [6, 6.07) is -0.394. The summed E-state index contributed by atoms with van der Waals surface area (Å²) in [6.07, 6.45) is 7.01. The van der Waals surface area contributed by atoms with Crippen LogP contribution in [0.4, 0.5) is 0 Å². The van der Waals surface area contributed by atoms with Crippen molar-refractivity contribution in [1.29, 1.82) is 0 Å². The molecule has 2 atom stereocenters. The molecule has 2 unspecified atom stereocenters. The highest BCUT2D eigenvalue weighted by Crippen LogP contribution is 2.13. The average Bonchev–Trinajstić information content (AvgIpc) is 2.37. The van der Waals surface area contributed by atoms with Crippen molar-refractivity contribution in [3.05, 3.63) is 0 Å². The van der Waals surface area contributed by atoms with E-state index in [2.05, 4.69) is 11.2 Å². The molecule has 4 nitrogen and oxygen atoms in total. The Bertz CT molecular complexity index is 319. The van der Waals surface area contributed by atoms with Crippen LogP contribution >= 0.6 is 0 Å². The summed E-state index contributed by atoms with van der Waals surface area (Å²) in [4.78, 5) is 25.1. The van der Waals surface area contributed by atoms with Crippen molar-refractivity contribution in [3.63, 3.8) is 0 Å². The molecular weight excluding hydrogens is 204 g/mol. The van der Waals surface area contributed by atoms with Gasteiger partial charge in [0.25, 0.3) is 0 Å². The summed E-state index contributed by atoms with van der Waals surface area (Å²) in [5, 5.41) is 2.66. The van der Waals surface area contributed by atoms with E-state index in [9.17, 15) is 9.59 Å². The number of hydrogen-bond donors (Lipinski definition) is 1. The number of amides is 2. The van der Waals surface area contributed by atoms with Gasteiger partial charge in [-0.3, -0.25) is 9.59 Å². The highest BCUT2D eigenvalue weighted by molar-refractivity contribution is 5.89. The summed E-state index contributed by atoms with van der Waals surface area (Å²) in [6.45, 7) is 4.18. The van der Waals surface area contributed by atoms with Crippen LogP contribution in [0.5, 0.6) is 0 Å². The van der Waals surface area contributed by atoms with Crippen LogP contribution < -0.4 is 5.32 Å². The zero-order chi connectivity index (χ0) is 12.1. The fourth-order valence-electron chi connectivity index (χ4n) is 1.93. The molecule has 88 valence electrons. The number of carbonyl (C=O) groups is 2. The monoisotopic (exact) mass is 222 g/mol. The lowest BCUT2D eigenvalue weighted by Crippen LogP contribution is -2.46. The van der Waals surface area contributed by atoms with Crippen molar-refractivity contribution < 1.29 is 9.59 Å². The molecule has 0 radical (unpaired) electrons. The number of terminal acetylenes is 1. The SMILES string of the molecule is C#CCC(CC)N1CCC(=O)NC(C)C1=O. The van der Waals surface area contributed by atoms with E-state index < -0.39 is 6.04 Å². The second-order valence-electron chi connectivity index (χ2n) is 4.04. The topological polar surface area (TPSA) is 49.4 Å². The van der Waals surface area contributed by atoms with Gasteiger partial charge < -0.3 is 10.2 Å². The van der Waals surface area contributed by atoms with Gasteiger partial charge in [-0.15, -0.1) is 12.3 Å². The van der Waals surface area contributed by atoms with Crippen LogP contribution in [-0.4, -0.2) is 35.3 Å². The van der Waals surface area contributed by atoms with E-state index in [0.29, 0.717) is 19.4 Å². The lowest BCUT2D eigenvalue weighted by Gasteiger charge is -2.29. The first kappa shape index (κ1) is 12.6. The Balaban J connectivity index is 2.80. The fourth-order valence-corrected chi connectivity index (χ4v) is 1.93. The van der Waals surface area contributed by atoms with Gasteiger partial charge in [-0.2, -0.15) is 0 Å². The van der Waals surface area contributed by atoms with Crippen LogP contribution in [0, 0.1) is 12.3 Å². The van der Waals surface area contributed by atoms with Gasteiger partial charge in [0.1, 0.15) is 6.04 Å². The Morgan fingerprint density at radius 1 is 1.62 bits per heavy atom. The Morgan fingerprint density at radius 3 is 2.88 bits per heavy atom. The molecule has 1 rings (SSSR count). The van der Waals surface area contributed by atoms with E-state index in [1.165, 1.54) is 0 Å². The third kappa shape index (κ3) is 2.75. The predicted octanol–water partition coefficient (Wildman–Crippen LogP) is 0.525. The third-order valence-corrected chi connectivity index (χ3v) is 2.88. The molecule has 16 heavy (non-hydrogen) atoms. The van der Waals surface area contributed by atoms with Crippen LogP contribution in [0.15, 0.2) is 0 Å². The lowest BCUT2D eigenvalue weighted by molar-refractivity contribution is -0.135. The van der Waals surface area contributed by atoms with E-state index in [1.54, 1.807) is 11.8 Å². The normalized spacial score (nSPS) is 23.3. The number of rotatable bonds is 3. The summed E-state index contributed by atoms with van der Waals surface area (Å²) < 4.78 is 0. The second-order valence-corrected chi connectivity index (χ2v) is 4.04. The van der Waals surface area contributed by atoms with Crippen molar-refractivity contribution in [3.8, 4) is 12.3 Å². The van der Waals surface area contributed by atoms with Gasteiger partial charge >= 0.3 is 0 Å². The first-order valence-electron chi connectivity index (χ1n) is 5.63. The van der Waals surface area contributed by atoms with Gasteiger partial charge in [0.15, 0.2) is 0 Å². The molecule has 0 aliphatic carbocycles. The van der Waals surface area contributed by atoms with E-state index in [1.807, 2.05) is 6.92 Å². The molecule has 2 amide bonds. The first-order valence-corrected chi connectivity index (χ1v) is 5.63. The standard InChI is InChI=1S/C12H18N2O2/c1-4-6-10(5-2)14-8-7-11(15)13-9(3)12(14)16/h1,9-10H,5-8H2,2-3H3,(H,13,15). The quantitative estimate of drug-likeness (QED) is 0.708. The lowest BCUT2D eigenvalue weighted by atomic mass is 10.1. The molecule has 1 fully saturated rings. The Kier molecular flexibility index (Phi) is 4.36. The molecule has 1 saturated heterocycles. The number of hydrogen-bond acceptors (Lipinski definition) is 2. The van der Waals surface area contributed by atoms with Crippen molar-refractivity contribution in [2.24, 2.45) is 0 Å². The molecule has 1 heterocycles. The van der Waals surface area contributed by atoms with Crippen molar-refractivity contribution in [2.45, 2.75) is 45.2 Å². The van der Waals surface area contributed by atoms with Gasteiger partial charge in [-0.1, -0.05) is 6.92 Å². The van der Waals surface area contributed by atoms with Crippen LogP contribution in [0.25, 0.3) is 0 Å². The van der Waals surface area contributed by atoms with Gasteiger partial charge in [0.05, 0.1) is 0 Å². The molecule has 4 heteroatoms. The minimum absolute atomic E-state index is 0.0343. The van der Waals surface area contributed by atoms with E-state index >= 15 is 0 Å². The Morgan fingerprint density at radius 2 is 2.31 bits per heavy atom. The van der Waals surface area contributed by atoms with Crippen LogP contribution in [0.3, 0.4) is 0 Å². The van der Waals surface area contributed by atoms with Crippen LogP contribution in [-0.2, 0) is 9.59 Å². The van der Waals surface area contributed by atoms with Crippen molar-refractivity contribution in [1.82, 2.24) is 10.2 Å². The minimum Gasteiger partial charge on any atom is -0.345 e. The van der Waals surface area contributed by atoms with E-state index in [4.69, 9.17) is 6.42 Å². The summed E-state index contributed by atoms with van der Waals surface area (Å²) in [7, 11) is 0. The summed E-state index contributed by atoms with van der Waals surface area (Å²) in [5.74, 6) is 2.48. The van der Waals surface area contributed by atoms with Gasteiger partial charge in [-0.05, 0) is 13.3 Å². The zero-order valence-electron chi connectivity index (χ0n) is 9.82. The smallest absolute Gasteiger partial charge is 0.245 e. The number of nitrogens with one attached hydrogen (secondary N) is 1. The van der Waals surface area contributed by atoms with E-state index in [-0.39, 0.29) is 17.9 Å². The molecule has 0 saturated carbocycles. The molecule has 1 N–H and O–H groups in total. The fraction of sp³-hybridized carbons (Fsp3) is 0.667. The first-order chi connectivity index (χ1) is 7.60. The van der Waals surface area contributed by atoms with Crippen LogP contribution in [0.1, 0.15) is 33.1 Å². The minimum atomic E-state index is -0.443. The van der Waals surface area contributed by atoms with Gasteiger partial charge in [0, 0.05) is 25.4 Å². The maximum Gasteiger partial charge on any atom is 0.245 e. The van der Waals surface area contributed by atoms with Gasteiger partial charge in [-0.25, -0.2) is 0 Å². The molecule has 1 aliphatic heterocycles. The predicted molar refractivity (Wildman–Crippen MR) is 61.5 cm³/mol. The van der Waals surface area contributed by atoms with Crippen LogP contribution in [0.2, 0.25) is 0 Å². The highest BCUT2D eigenvalue weighted by Gasteiger charge is 2.30. The Hall–Kier alpha value is -1.50. The molecule has 0 aromatic heterocycles. The largest absolute Gasteiger partial charge is 0.345 e. The number of nitrogens with zero attached hydrogens (tertiary/aromatic N) is 1. The molecule has 1 aliphatic rings. The van der Waals surface area contributed by atoms with Crippen molar-refractivity contribution >= 4 is 11.8 Å². The maximum absolute atomic E-state index is 12.0. The van der Waals surface area contributed by atoms with E-state index in [0.717, 1.165) is 6.42 Å². The summed E-state index contributed by atoms with van der Waals surface area (Å²) >= 11 is 0. The maximum atomic E-state index is 12.0. The van der Waals surface area contributed by atoms with Crippen molar-refractivity contribution in [2.75, 3.05) is 6.54 Å². The second kappa shape index (κ2) is 5.55. The number of carbonyl (C=O) groups excluding carboxylic acids is 2. The highest BCUT2D eigenvalue weighted by atomic mass is 16.2. The average molecular weight is 222 g/mol. The third-order valence-electron chi connectivity index (χ3n) is 2.88. The Labute approximate surface area is 96.4 Å². The van der Waals surface area contributed by atoms with Gasteiger partial charge in [0.2, 0.25) is 11.8 Å². The molecule has 0 aromatic carbocycles. The molecular formula is C12H18N2O2. The zero-order valence-corrected chi connectivity index (χ0v) is 9.82. The molecule has 0 bridgehead atoms. The summed E-state index contributed by atoms with van der Waals surface area (Å²) in [5.41, 5.74) is 0.